The van der Waals surface area contributed by atoms with E-state index in [2.05, 4.69) is 21.2 Å². The highest BCUT2D eigenvalue weighted by Gasteiger charge is 2.27. The van der Waals surface area contributed by atoms with Crippen molar-refractivity contribution in [1.82, 2.24) is 4.31 Å². The standard InChI is InChI=1S/C22H18BrCl3N2O3S/c23-16-6-8-17(9-7-16)32(30,31)28(11-10-15-4-2-1-3-5-15)14-22(29)27-21-13-19(25)18(24)12-20(21)26/h1-9,12-13H,10-11,14H2,(H,27,29). The minimum Gasteiger partial charge on any atom is -0.324 e. The maximum atomic E-state index is 13.3. The lowest BCUT2D eigenvalue weighted by atomic mass is 10.1. The monoisotopic (exact) mass is 574 g/mol. The number of hydrogen-bond acceptors (Lipinski definition) is 3. The predicted octanol–water partition coefficient (Wildman–Crippen LogP) is 6.28. The van der Waals surface area contributed by atoms with E-state index in [0.29, 0.717) is 6.42 Å². The molecule has 1 amide bonds. The third-order valence-corrected chi connectivity index (χ3v) is 7.97. The molecule has 0 spiro atoms. The van der Waals surface area contributed by atoms with E-state index in [1.54, 1.807) is 12.1 Å². The molecule has 0 saturated heterocycles. The van der Waals surface area contributed by atoms with Gasteiger partial charge in [0.25, 0.3) is 0 Å². The average molecular weight is 577 g/mol. The Balaban J connectivity index is 1.83. The summed E-state index contributed by atoms with van der Waals surface area (Å²) in [6.45, 7) is -0.285. The van der Waals surface area contributed by atoms with Gasteiger partial charge >= 0.3 is 0 Å². The second-order valence-electron chi connectivity index (χ2n) is 6.82. The molecule has 0 heterocycles. The summed E-state index contributed by atoms with van der Waals surface area (Å²) in [5.74, 6) is -0.556. The summed E-state index contributed by atoms with van der Waals surface area (Å²) in [6, 6.07) is 18.5. The lowest BCUT2D eigenvalue weighted by molar-refractivity contribution is -0.116. The highest BCUT2D eigenvalue weighted by molar-refractivity contribution is 9.10. The van der Waals surface area contributed by atoms with Gasteiger partial charge in [-0.2, -0.15) is 4.31 Å². The fourth-order valence-electron chi connectivity index (χ4n) is 2.91. The van der Waals surface area contributed by atoms with Gasteiger partial charge in [-0.15, -0.1) is 0 Å². The Kier molecular flexibility index (Phi) is 8.61. The number of carbonyl (C=O) groups is 1. The van der Waals surface area contributed by atoms with Crippen LogP contribution >= 0.6 is 50.7 Å². The molecular formula is C22H18BrCl3N2O3S. The molecule has 0 unspecified atom stereocenters. The fraction of sp³-hybridized carbons (Fsp3) is 0.136. The van der Waals surface area contributed by atoms with E-state index in [1.165, 1.54) is 24.3 Å². The first-order valence-corrected chi connectivity index (χ1v) is 12.8. The topological polar surface area (TPSA) is 66.5 Å². The molecule has 0 fully saturated rings. The van der Waals surface area contributed by atoms with Gasteiger partial charge in [0.05, 0.1) is 32.2 Å². The van der Waals surface area contributed by atoms with E-state index >= 15 is 0 Å². The predicted molar refractivity (Wildman–Crippen MR) is 133 cm³/mol. The van der Waals surface area contributed by atoms with Crippen molar-refractivity contribution in [3.63, 3.8) is 0 Å². The van der Waals surface area contributed by atoms with Crippen LogP contribution < -0.4 is 5.32 Å². The number of sulfonamides is 1. The molecule has 0 atom stereocenters. The Morgan fingerprint density at radius 2 is 1.53 bits per heavy atom. The summed E-state index contributed by atoms with van der Waals surface area (Å²) in [5, 5.41) is 3.27. The van der Waals surface area contributed by atoms with E-state index in [0.717, 1.165) is 14.3 Å². The van der Waals surface area contributed by atoms with Gasteiger partial charge in [-0.1, -0.05) is 81.1 Å². The van der Waals surface area contributed by atoms with Crippen molar-refractivity contribution in [2.24, 2.45) is 0 Å². The minimum atomic E-state index is -3.93. The molecule has 3 aromatic carbocycles. The van der Waals surface area contributed by atoms with Crippen molar-refractivity contribution in [2.45, 2.75) is 11.3 Å². The molecule has 168 valence electrons. The van der Waals surface area contributed by atoms with Gasteiger partial charge in [-0.05, 0) is 48.4 Å². The van der Waals surface area contributed by atoms with Crippen molar-refractivity contribution in [1.29, 1.82) is 0 Å². The molecule has 0 aliphatic carbocycles. The summed E-state index contributed by atoms with van der Waals surface area (Å²) in [5.41, 5.74) is 1.20. The van der Waals surface area contributed by atoms with E-state index in [1.807, 2.05) is 30.3 Å². The van der Waals surface area contributed by atoms with E-state index in [-0.39, 0.29) is 32.2 Å². The fourth-order valence-corrected chi connectivity index (χ4v) is 5.16. The van der Waals surface area contributed by atoms with Gasteiger partial charge < -0.3 is 5.32 Å². The molecule has 0 radical (unpaired) electrons. The molecule has 0 aliphatic rings. The highest BCUT2D eigenvalue weighted by atomic mass is 79.9. The van der Waals surface area contributed by atoms with E-state index in [9.17, 15) is 13.2 Å². The first-order valence-electron chi connectivity index (χ1n) is 9.41. The van der Waals surface area contributed by atoms with Crippen LogP contribution in [0.4, 0.5) is 5.69 Å². The number of nitrogens with one attached hydrogen (secondary N) is 1. The number of amides is 1. The summed E-state index contributed by atoms with van der Waals surface area (Å²) < 4.78 is 28.5. The average Bonchev–Trinajstić information content (AvgIpc) is 2.76. The normalized spacial score (nSPS) is 11.5. The molecule has 0 saturated carbocycles. The number of hydrogen-bond donors (Lipinski definition) is 1. The van der Waals surface area contributed by atoms with Gasteiger partial charge in [-0.25, -0.2) is 8.42 Å². The third-order valence-electron chi connectivity index (χ3n) is 4.55. The van der Waals surface area contributed by atoms with Crippen LogP contribution in [-0.2, 0) is 21.2 Å². The van der Waals surface area contributed by atoms with Crippen LogP contribution in [0.15, 0.2) is 76.1 Å². The second-order valence-corrected chi connectivity index (χ2v) is 10.9. The van der Waals surface area contributed by atoms with Crippen molar-refractivity contribution >= 4 is 72.4 Å². The maximum Gasteiger partial charge on any atom is 0.243 e. The van der Waals surface area contributed by atoms with Crippen molar-refractivity contribution in [3.8, 4) is 0 Å². The van der Waals surface area contributed by atoms with Crippen molar-refractivity contribution in [2.75, 3.05) is 18.4 Å². The SMILES string of the molecule is O=C(CN(CCc1ccccc1)S(=O)(=O)c1ccc(Br)cc1)Nc1cc(Cl)c(Cl)cc1Cl. The van der Waals surface area contributed by atoms with Gasteiger partial charge in [0.1, 0.15) is 0 Å². The lowest BCUT2D eigenvalue weighted by Gasteiger charge is -2.22. The van der Waals surface area contributed by atoms with Gasteiger partial charge in [-0.3, -0.25) is 4.79 Å². The lowest BCUT2D eigenvalue weighted by Crippen LogP contribution is -2.39. The largest absolute Gasteiger partial charge is 0.324 e. The van der Waals surface area contributed by atoms with Gasteiger partial charge in [0.15, 0.2) is 0 Å². The number of halogens is 4. The first-order chi connectivity index (χ1) is 15.2. The highest BCUT2D eigenvalue weighted by Crippen LogP contribution is 2.32. The van der Waals surface area contributed by atoms with Crippen LogP contribution in [0.1, 0.15) is 5.56 Å². The van der Waals surface area contributed by atoms with E-state index in [4.69, 9.17) is 34.8 Å². The van der Waals surface area contributed by atoms with Crippen molar-refractivity contribution in [3.05, 3.63) is 91.8 Å². The van der Waals surface area contributed by atoms with Crippen LogP contribution in [-0.4, -0.2) is 31.7 Å². The smallest absolute Gasteiger partial charge is 0.243 e. The summed E-state index contributed by atoms with van der Waals surface area (Å²) in [6.07, 6.45) is 0.442. The van der Waals surface area contributed by atoms with Gasteiger partial charge in [0, 0.05) is 11.0 Å². The Hall–Kier alpha value is -1.61. The minimum absolute atomic E-state index is 0.0918. The number of carbonyl (C=O) groups excluding carboxylic acids is 1. The number of anilines is 1. The molecule has 5 nitrogen and oxygen atoms in total. The quantitative estimate of drug-likeness (QED) is 0.321. The molecular weight excluding hydrogens is 559 g/mol. The van der Waals surface area contributed by atoms with Gasteiger partial charge in [0.2, 0.25) is 15.9 Å². The number of rotatable bonds is 8. The molecule has 32 heavy (non-hydrogen) atoms. The van der Waals surface area contributed by atoms with E-state index < -0.39 is 22.5 Å². The van der Waals surface area contributed by atoms with Crippen LogP contribution in [0.5, 0.6) is 0 Å². The molecule has 3 rings (SSSR count). The molecule has 1 N–H and O–H groups in total. The third kappa shape index (κ3) is 6.47. The molecule has 10 heteroatoms. The number of nitrogens with zero attached hydrogens (tertiary/aromatic N) is 1. The zero-order valence-electron chi connectivity index (χ0n) is 16.6. The summed E-state index contributed by atoms with van der Waals surface area (Å²) in [7, 11) is -3.93. The van der Waals surface area contributed by atoms with Crippen LogP contribution in [0.25, 0.3) is 0 Å². The zero-order valence-corrected chi connectivity index (χ0v) is 21.2. The van der Waals surface area contributed by atoms with Crippen LogP contribution in [0, 0.1) is 0 Å². The zero-order chi connectivity index (χ0) is 23.3. The number of benzene rings is 3. The summed E-state index contributed by atoms with van der Waals surface area (Å²) >= 11 is 21.4. The Bertz CT molecular complexity index is 1210. The maximum absolute atomic E-state index is 13.3. The van der Waals surface area contributed by atoms with Crippen molar-refractivity contribution < 1.29 is 13.2 Å². The first kappa shape index (κ1) is 25.0. The molecule has 3 aromatic rings. The molecule has 0 aromatic heterocycles. The second kappa shape index (κ2) is 11.0. The van der Waals surface area contributed by atoms with Crippen LogP contribution in [0.2, 0.25) is 15.1 Å². The Morgan fingerprint density at radius 3 is 2.19 bits per heavy atom. The summed E-state index contributed by atoms with van der Waals surface area (Å²) in [4.78, 5) is 12.8. The molecule has 0 bridgehead atoms. The Labute approximate surface area is 210 Å². The molecule has 0 aliphatic heterocycles. The Morgan fingerprint density at radius 1 is 0.906 bits per heavy atom. The van der Waals surface area contributed by atoms with Crippen LogP contribution in [0.3, 0.4) is 0 Å².